The van der Waals surface area contributed by atoms with E-state index in [-0.39, 0.29) is 5.91 Å². The number of nitrogens with one attached hydrogen (secondary N) is 2. The van der Waals surface area contributed by atoms with E-state index in [2.05, 4.69) is 15.8 Å². The van der Waals surface area contributed by atoms with E-state index in [1.807, 2.05) is 11.4 Å². The number of aromatic nitrogens is 1. The number of carbonyl (C=O) groups is 1. The van der Waals surface area contributed by atoms with Crippen molar-refractivity contribution >= 4 is 45.6 Å². The highest BCUT2D eigenvalue weighted by Crippen LogP contribution is 2.30. The van der Waals surface area contributed by atoms with Gasteiger partial charge in [-0.15, -0.1) is 11.3 Å². The third kappa shape index (κ3) is 3.13. The standard InChI is InChI=1S/C11H9Cl2N3OS/c1-6(17)15-16-11-14-10(5-18-11)7-2-3-8(12)9(13)4-7/h2-5H,1H3,(H,14,16)(H,15,17). The van der Waals surface area contributed by atoms with Crippen LogP contribution in [0.1, 0.15) is 6.92 Å². The lowest BCUT2D eigenvalue weighted by molar-refractivity contribution is -0.118. The third-order valence-corrected chi connectivity index (χ3v) is 3.56. The maximum absolute atomic E-state index is 10.7. The number of anilines is 1. The van der Waals surface area contributed by atoms with Gasteiger partial charge in [0.15, 0.2) is 0 Å². The molecule has 94 valence electrons. The van der Waals surface area contributed by atoms with Gasteiger partial charge in [-0.3, -0.25) is 15.6 Å². The summed E-state index contributed by atoms with van der Waals surface area (Å²) < 4.78 is 0. The molecule has 0 fully saturated rings. The van der Waals surface area contributed by atoms with Crippen LogP contribution in [0.2, 0.25) is 10.0 Å². The minimum Gasteiger partial charge on any atom is -0.274 e. The Balaban J connectivity index is 2.18. The fourth-order valence-corrected chi connectivity index (χ4v) is 2.23. The number of halogens is 2. The summed E-state index contributed by atoms with van der Waals surface area (Å²) in [5, 5.41) is 3.46. The molecule has 0 bridgehead atoms. The smallest absolute Gasteiger partial charge is 0.235 e. The first kappa shape index (κ1) is 13.1. The molecule has 2 N–H and O–H groups in total. The molecule has 0 saturated heterocycles. The zero-order valence-electron chi connectivity index (χ0n) is 9.33. The zero-order valence-corrected chi connectivity index (χ0v) is 11.7. The number of hydrogen-bond donors (Lipinski definition) is 2. The molecule has 0 aliphatic heterocycles. The van der Waals surface area contributed by atoms with Crippen LogP contribution in [0, 0.1) is 0 Å². The van der Waals surface area contributed by atoms with Crippen LogP contribution in [0.25, 0.3) is 11.3 Å². The van der Waals surface area contributed by atoms with Crippen molar-refractivity contribution in [3.8, 4) is 11.3 Å². The van der Waals surface area contributed by atoms with Crippen molar-refractivity contribution in [2.24, 2.45) is 0 Å². The SMILES string of the molecule is CC(=O)NNc1nc(-c2ccc(Cl)c(Cl)c2)cs1. The molecular weight excluding hydrogens is 293 g/mol. The van der Waals surface area contributed by atoms with Gasteiger partial charge in [0.2, 0.25) is 11.0 Å². The molecule has 0 spiro atoms. The van der Waals surface area contributed by atoms with Crippen molar-refractivity contribution in [1.82, 2.24) is 10.4 Å². The van der Waals surface area contributed by atoms with E-state index in [1.54, 1.807) is 12.1 Å². The molecule has 0 unspecified atom stereocenters. The summed E-state index contributed by atoms with van der Waals surface area (Å²) in [6.45, 7) is 1.42. The average Bonchev–Trinajstić information content (AvgIpc) is 2.79. The molecule has 0 aliphatic rings. The molecule has 0 aliphatic carbocycles. The van der Waals surface area contributed by atoms with Crippen molar-refractivity contribution in [3.05, 3.63) is 33.6 Å². The molecule has 0 saturated carbocycles. The molecule has 1 aromatic carbocycles. The number of hydrogen-bond acceptors (Lipinski definition) is 4. The Hall–Kier alpha value is -1.30. The van der Waals surface area contributed by atoms with Gasteiger partial charge in [0.1, 0.15) is 0 Å². The summed E-state index contributed by atoms with van der Waals surface area (Å²) >= 11 is 13.2. The fourth-order valence-electron chi connectivity index (χ4n) is 1.26. The topological polar surface area (TPSA) is 54.0 Å². The Bertz CT molecular complexity index is 585. The Morgan fingerprint density at radius 2 is 2.11 bits per heavy atom. The van der Waals surface area contributed by atoms with E-state index in [0.29, 0.717) is 15.2 Å². The number of benzene rings is 1. The molecule has 18 heavy (non-hydrogen) atoms. The van der Waals surface area contributed by atoms with Crippen LogP contribution in [0.3, 0.4) is 0 Å². The molecule has 1 heterocycles. The number of hydrazine groups is 1. The molecule has 2 rings (SSSR count). The van der Waals surface area contributed by atoms with Gasteiger partial charge in [-0.2, -0.15) is 0 Å². The highest BCUT2D eigenvalue weighted by molar-refractivity contribution is 7.14. The Morgan fingerprint density at radius 3 is 2.78 bits per heavy atom. The Kier molecular flexibility index (Phi) is 4.06. The Morgan fingerprint density at radius 1 is 1.33 bits per heavy atom. The van der Waals surface area contributed by atoms with Gasteiger partial charge in [-0.05, 0) is 12.1 Å². The van der Waals surface area contributed by atoms with Crippen LogP contribution in [0.4, 0.5) is 5.13 Å². The van der Waals surface area contributed by atoms with Crippen LogP contribution in [0.5, 0.6) is 0 Å². The van der Waals surface area contributed by atoms with E-state index < -0.39 is 0 Å². The predicted octanol–water partition coefficient (Wildman–Crippen LogP) is 3.58. The van der Waals surface area contributed by atoms with Gasteiger partial charge < -0.3 is 0 Å². The highest BCUT2D eigenvalue weighted by atomic mass is 35.5. The maximum atomic E-state index is 10.7. The van der Waals surface area contributed by atoms with Gasteiger partial charge in [-0.1, -0.05) is 29.3 Å². The number of thiazole rings is 1. The van der Waals surface area contributed by atoms with E-state index in [4.69, 9.17) is 23.2 Å². The maximum Gasteiger partial charge on any atom is 0.235 e. The van der Waals surface area contributed by atoms with Crippen molar-refractivity contribution in [3.63, 3.8) is 0 Å². The summed E-state index contributed by atoms with van der Waals surface area (Å²) in [6, 6.07) is 5.31. The second-order valence-corrected chi connectivity index (χ2v) is 5.15. The zero-order chi connectivity index (χ0) is 13.1. The second-order valence-electron chi connectivity index (χ2n) is 3.47. The quantitative estimate of drug-likeness (QED) is 0.852. The molecule has 7 heteroatoms. The first-order chi connectivity index (χ1) is 8.56. The fraction of sp³-hybridized carbons (Fsp3) is 0.0909. The van der Waals surface area contributed by atoms with Crippen LogP contribution >= 0.6 is 34.5 Å². The minimum absolute atomic E-state index is 0.179. The summed E-state index contributed by atoms with van der Waals surface area (Å²) in [5.41, 5.74) is 6.81. The van der Waals surface area contributed by atoms with E-state index in [9.17, 15) is 4.79 Å². The summed E-state index contributed by atoms with van der Waals surface area (Å²) in [4.78, 5) is 15.1. The first-order valence-electron chi connectivity index (χ1n) is 5.00. The molecule has 1 aromatic heterocycles. The van der Waals surface area contributed by atoms with E-state index in [0.717, 1.165) is 11.3 Å². The lowest BCUT2D eigenvalue weighted by Gasteiger charge is -2.01. The van der Waals surface area contributed by atoms with Gasteiger partial charge in [0.25, 0.3) is 0 Å². The lowest BCUT2D eigenvalue weighted by atomic mass is 10.2. The molecular formula is C11H9Cl2N3OS. The molecule has 0 radical (unpaired) electrons. The van der Waals surface area contributed by atoms with Crippen LogP contribution in [0.15, 0.2) is 23.6 Å². The normalized spacial score (nSPS) is 10.2. The van der Waals surface area contributed by atoms with Gasteiger partial charge in [0.05, 0.1) is 15.7 Å². The molecule has 0 atom stereocenters. The van der Waals surface area contributed by atoms with Crippen LogP contribution < -0.4 is 10.9 Å². The number of carbonyl (C=O) groups excluding carboxylic acids is 1. The predicted molar refractivity (Wildman–Crippen MR) is 75.0 cm³/mol. The van der Waals surface area contributed by atoms with Crippen molar-refractivity contribution < 1.29 is 4.79 Å². The average molecular weight is 302 g/mol. The molecule has 1 amide bonds. The van der Waals surface area contributed by atoms with Gasteiger partial charge in [-0.25, -0.2) is 4.98 Å². The van der Waals surface area contributed by atoms with Crippen LogP contribution in [-0.2, 0) is 4.79 Å². The van der Waals surface area contributed by atoms with Crippen LogP contribution in [-0.4, -0.2) is 10.9 Å². The van der Waals surface area contributed by atoms with Gasteiger partial charge in [0, 0.05) is 17.9 Å². The number of rotatable bonds is 3. The van der Waals surface area contributed by atoms with E-state index >= 15 is 0 Å². The van der Waals surface area contributed by atoms with E-state index in [1.165, 1.54) is 18.3 Å². The summed E-state index contributed by atoms with van der Waals surface area (Å²) in [6.07, 6.45) is 0. The third-order valence-electron chi connectivity index (χ3n) is 2.07. The summed E-state index contributed by atoms with van der Waals surface area (Å²) in [7, 11) is 0. The van der Waals surface area contributed by atoms with Crippen molar-refractivity contribution in [1.29, 1.82) is 0 Å². The second kappa shape index (κ2) is 5.56. The first-order valence-corrected chi connectivity index (χ1v) is 6.63. The molecule has 4 nitrogen and oxygen atoms in total. The molecule has 2 aromatic rings. The number of nitrogens with zero attached hydrogens (tertiary/aromatic N) is 1. The lowest BCUT2D eigenvalue weighted by Crippen LogP contribution is -2.26. The number of amides is 1. The van der Waals surface area contributed by atoms with Gasteiger partial charge >= 0.3 is 0 Å². The van der Waals surface area contributed by atoms with Crippen molar-refractivity contribution in [2.75, 3.05) is 5.43 Å². The Labute approximate surface area is 118 Å². The summed E-state index contributed by atoms with van der Waals surface area (Å²) in [5.74, 6) is -0.179. The highest BCUT2D eigenvalue weighted by Gasteiger charge is 2.06. The monoisotopic (exact) mass is 301 g/mol. The largest absolute Gasteiger partial charge is 0.274 e. The van der Waals surface area contributed by atoms with Crippen molar-refractivity contribution in [2.45, 2.75) is 6.92 Å². The minimum atomic E-state index is -0.179.